The fraction of sp³-hybridized carbons (Fsp3) is 1.00. The first kappa shape index (κ1) is 17.2. The zero-order valence-corrected chi connectivity index (χ0v) is 14.7. The van der Waals surface area contributed by atoms with Crippen molar-refractivity contribution in [3.05, 3.63) is 0 Å². The molecule has 0 aromatic heterocycles. The molecule has 21 heavy (non-hydrogen) atoms. The summed E-state index contributed by atoms with van der Waals surface area (Å²) in [6.45, 7) is 10.1. The minimum Gasteiger partial charge on any atom is -0.377 e. The molecule has 1 aliphatic heterocycles. The Hall–Kier alpha value is -0.120. The third-order valence-electron chi connectivity index (χ3n) is 6.34. The Morgan fingerprint density at radius 1 is 1.19 bits per heavy atom. The molecule has 1 heterocycles. The SMILES string of the molecule is COC1(C)CCCN(C2(CN)CCCC(C(C)C)CC2)C1. The zero-order chi connectivity index (χ0) is 15.5. The van der Waals surface area contributed by atoms with Gasteiger partial charge in [0.25, 0.3) is 0 Å². The van der Waals surface area contributed by atoms with Gasteiger partial charge in [-0.25, -0.2) is 0 Å². The first-order chi connectivity index (χ1) is 9.95. The lowest BCUT2D eigenvalue weighted by molar-refractivity contribution is -0.0833. The molecule has 2 fully saturated rings. The lowest BCUT2D eigenvalue weighted by Gasteiger charge is -2.50. The highest BCUT2D eigenvalue weighted by Gasteiger charge is 2.42. The number of methoxy groups -OCH3 is 1. The molecule has 2 aliphatic rings. The Morgan fingerprint density at radius 3 is 2.57 bits per heavy atom. The van der Waals surface area contributed by atoms with E-state index in [-0.39, 0.29) is 11.1 Å². The molecule has 2 rings (SSSR count). The van der Waals surface area contributed by atoms with Crippen molar-refractivity contribution >= 4 is 0 Å². The van der Waals surface area contributed by atoms with Crippen LogP contribution in [-0.2, 0) is 4.74 Å². The van der Waals surface area contributed by atoms with Crippen LogP contribution >= 0.6 is 0 Å². The maximum Gasteiger partial charge on any atom is 0.0777 e. The van der Waals surface area contributed by atoms with Crippen LogP contribution in [0.4, 0.5) is 0 Å². The van der Waals surface area contributed by atoms with Gasteiger partial charge in [0.1, 0.15) is 0 Å². The number of hydrogen-bond donors (Lipinski definition) is 1. The molecular weight excluding hydrogens is 260 g/mol. The fourth-order valence-corrected chi connectivity index (χ4v) is 4.51. The van der Waals surface area contributed by atoms with E-state index in [9.17, 15) is 0 Å². The van der Waals surface area contributed by atoms with Gasteiger partial charge in [-0.15, -0.1) is 0 Å². The Bertz CT molecular complexity index is 333. The van der Waals surface area contributed by atoms with Gasteiger partial charge in [0.05, 0.1) is 5.60 Å². The summed E-state index contributed by atoms with van der Waals surface area (Å²) < 4.78 is 5.80. The molecule has 0 amide bonds. The summed E-state index contributed by atoms with van der Waals surface area (Å²) in [6.07, 6.45) is 9.01. The Kier molecular flexibility index (Phi) is 5.72. The number of likely N-dealkylation sites (tertiary alicyclic amines) is 1. The standard InChI is InChI=1S/C18H36N2O/c1-15(2)16-7-5-10-18(13-19,11-8-16)20-12-6-9-17(3,14-20)21-4/h15-16H,5-14,19H2,1-4H3. The second-order valence-electron chi connectivity index (χ2n) is 8.04. The predicted octanol–water partition coefficient (Wildman–Crippen LogP) is 3.42. The van der Waals surface area contributed by atoms with Crippen LogP contribution in [0, 0.1) is 11.8 Å². The van der Waals surface area contributed by atoms with E-state index in [0.717, 1.165) is 24.9 Å². The highest BCUT2D eigenvalue weighted by Crippen LogP contribution is 2.39. The zero-order valence-electron chi connectivity index (χ0n) is 14.7. The van der Waals surface area contributed by atoms with Crippen LogP contribution in [0.15, 0.2) is 0 Å². The minimum atomic E-state index is 0.0180. The van der Waals surface area contributed by atoms with Gasteiger partial charge in [-0.05, 0) is 57.4 Å². The average Bonchev–Trinajstić information content (AvgIpc) is 2.71. The van der Waals surface area contributed by atoms with E-state index in [4.69, 9.17) is 10.5 Å². The van der Waals surface area contributed by atoms with Crippen LogP contribution in [0.25, 0.3) is 0 Å². The van der Waals surface area contributed by atoms with Crippen molar-refractivity contribution in [2.75, 3.05) is 26.7 Å². The van der Waals surface area contributed by atoms with Crippen LogP contribution in [0.3, 0.4) is 0 Å². The maximum absolute atomic E-state index is 6.31. The quantitative estimate of drug-likeness (QED) is 0.808. The van der Waals surface area contributed by atoms with E-state index < -0.39 is 0 Å². The summed E-state index contributed by atoms with van der Waals surface area (Å²) in [7, 11) is 1.86. The van der Waals surface area contributed by atoms with Gasteiger partial charge in [0.2, 0.25) is 0 Å². The van der Waals surface area contributed by atoms with Gasteiger partial charge >= 0.3 is 0 Å². The molecule has 0 aromatic carbocycles. The Balaban J connectivity index is 2.10. The molecule has 0 spiro atoms. The van der Waals surface area contributed by atoms with Crippen LogP contribution in [-0.4, -0.2) is 42.8 Å². The molecule has 0 bridgehead atoms. The van der Waals surface area contributed by atoms with Gasteiger partial charge < -0.3 is 10.5 Å². The lowest BCUT2D eigenvalue weighted by atomic mass is 9.82. The summed E-state index contributed by atoms with van der Waals surface area (Å²) in [5.41, 5.74) is 6.55. The molecule has 0 radical (unpaired) electrons. The van der Waals surface area contributed by atoms with Gasteiger partial charge in [-0.2, -0.15) is 0 Å². The van der Waals surface area contributed by atoms with Crippen molar-refractivity contribution in [2.24, 2.45) is 17.6 Å². The van der Waals surface area contributed by atoms with E-state index in [0.29, 0.717) is 0 Å². The number of nitrogens with zero attached hydrogens (tertiary/aromatic N) is 1. The molecule has 1 saturated carbocycles. The topological polar surface area (TPSA) is 38.5 Å². The molecule has 1 saturated heterocycles. The van der Waals surface area contributed by atoms with Crippen LogP contribution < -0.4 is 5.73 Å². The van der Waals surface area contributed by atoms with Crippen LogP contribution in [0.2, 0.25) is 0 Å². The summed E-state index contributed by atoms with van der Waals surface area (Å²) in [6, 6.07) is 0. The van der Waals surface area contributed by atoms with Crippen molar-refractivity contribution in [3.8, 4) is 0 Å². The summed E-state index contributed by atoms with van der Waals surface area (Å²) in [4.78, 5) is 2.68. The summed E-state index contributed by atoms with van der Waals surface area (Å²) in [5, 5.41) is 0. The van der Waals surface area contributed by atoms with Gasteiger partial charge in [-0.3, -0.25) is 4.90 Å². The smallest absolute Gasteiger partial charge is 0.0777 e. The first-order valence-electron chi connectivity index (χ1n) is 8.95. The number of ether oxygens (including phenoxy) is 1. The lowest BCUT2D eigenvalue weighted by Crippen LogP contribution is -2.60. The van der Waals surface area contributed by atoms with E-state index >= 15 is 0 Å². The maximum atomic E-state index is 6.31. The van der Waals surface area contributed by atoms with Crippen LogP contribution in [0.5, 0.6) is 0 Å². The number of rotatable bonds is 4. The van der Waals surface area contributed by atoms with Crippen LogP contribution in [0.1, 0.15) is 65.7 Å². The summed E-state index contributed by atoms with van der Waals surface area (Å²) >= 11 is 0. The molecule has 3 nitrogen and oxygen atoms in total. The van der Waals surface area contributed by atoms with Gasteiger partial charge in [-0.1, -0.05) is 26.7 Å². The summed E-state index contributed by atoms with van der Waals surface area (Å²) in [5.74, 6) is 1.70. The number of hydrogen-bond acceptors (Lipinski definition) is 3. The van der Waals surface area contributed by atoms with Gasteiger partial charge in [0.15, 0.2) is 0 Å². The highest BCUT2D eigenvalue weighted by molar-refractivity contribution is 4.99. The number of nitrogens with two attached hydrogens (primary N) is 1. The third-order valence-corrected chi connectivity index (χ3v) is 6.34. The molecular formula is C18H36N2O. The monoisotopic (exact) mass is 296 g/mol. The minimum absolute atomic E-state index is 0.0180. The third kappa shape index (κ3) is 3.80. The second-order valence-corrected chi connectivity index (χ2v) is 8.04. The fourth-order valence-electron chi connectivity index (χ4n) is 4.51. The van der Waals surface area contributed by atoms with Crippen molar-refractivity contribution in [3.63, 3.8) is 0 Å². The van der Waals surface area contributed by atoms with Crippen molar-refractivity contribution < 1.29 is 4.74 Å². The normalized spacial score (nSPS) is 39.4. The molecule has 124 valence electrons. The van der Waals surface area contributed by atoms with Crippen molar-refractivity contribution in [1.29, 1.82) is 0 Å². The molecule has 3 atom stereocenters. The molecule has 3 unspecified atom stereocenters. The molecule has 0 aromatic rings. The molecule has 3 heteroatoms. The van der Waals surface area contributed by atoms with Crippen molar-refractivity contribution in [2.45, 2.75) is 76.9 Å². The average molecular weight is 296 g/mol. The van der Waals surface area contributed by atoms with Crippen molar-refractivity contribution in [1.82, 2.24) is 4.90 Å². The van der Waals surface area contributed by atoms with E-state index in [1.165, 1.54) is 51.5 Å². The second kappa shape index (κ2) is 6.97. The number of piperidine rings is 1. The highest BCUT2D eigenvalue weighted by atomic mass is 16.5. The molecule has 2 N–H and O–H groups in total. The van der Waals surface area contributed by atoms with Gasteiger partial charge in [0, 0.05) is 25.7 Å². The Morgan fingerprint density at radius 2 is 1.95 bits per heavy atom. The van der Waals surface area contributed by atoms with E-state index in [1.807, 2.05) is 7.11 Å². The predicted molar refractivity (Wildman–Crippen MR) is 89.4 cm³/mol. The Labute approximate surface area is 131 Å². The van der Waals surface area contributed by atoms with E-state index in [1.54, 1.807) is 0 Å². The van der Waals surface area contributed by atoms with E-state index in [2.05, 4.69) is 25.7 Å². The first-order valence-corrected chi connectivity index (χ1v) is 8.95. The molecule has 1 aliphatic carbocycles. The largest absolute Gasteiger partial charge is 0.377 e.